The molecule has 0 saturated carbocycles. The number of aliphatic hydroxyl groups excluding tert-OH is 1. The van der Waals surface area contributed by atoms with Gasteiger partial charge < -0.3 is 9.52 Å². The molecule has 0 saturated heterocycles. The van der Waals surface area contributed by atoms with Gasteiger partial charge in [-0.25, -0.2) is 13.4 Å². The molecule has 0 aliphatic heterocycles. The first-order chi connectivity index (χ1) is 10.5. The molecular formula is C15H20N2O4S. The molecular weight excluding hydrogens is 304 g/mol. The number of benzene rings is 1. The number of fused-ring (bicyclic) bond motifs is 1. The summed E-state index contributed by atoms with van der Waals surface area (Å²) in [5.74, 6) is 0.531. The fourth-order valence-electron chi connectivity index (χ4n) is 2.13. The van der Waals surface area contributed by atoms with Crippen LogP contribution in [0.1, 0.15) is 12.8 Å². The van der Waals surface area contributed by atoms with Crippen LogP contribution in [0.15, 0.2) is 40.2 Å². The molecule has 1 aromatic heterocycles. The van der Waals surface area contributed by atoms with Gasteiger partial charge >= 0.3 is 0 Å². The Morgan fingerprint density at radius 2 is 2.23 bits per heavy atom. The lowest BCUT2D eigenvalue weighted by atomic mass is 10.3. The standard InChI is InChI=1S/C15H20N2O4S/c1-3-7-17(8-9-18)11-15-16-13-10-12(22(19,20)4-2)5-6-14(13)21-15/h3,5-6,10,18H,1,4,7-9,11H2,2H3. The molecule has 0 aliphatic carbocycles. The van der Waals surface area contributed by atoms with Crippen molar-refractivity contribution >= 4 is 20.9 Å². The van der Waals surface area contributed by atoms with Gasteiger partial charge in [0.1, 0.15) is 5.52 Å². The SMILES string of the molecule is C=CCN(CCO)Cc1nc2cc(S(=O)(=O)CC)ccc2o1. The first-order valence-corrected chi connectivity index (χ1v) is 8.71. The zero-order valence-electron chi connectivity index (χ0n) is 12.5. The second kappa shape index (κ2) is 7.04. The minimum Gasteiger partial charge on any atom is -0.439 e. The molecule has 0 amide bonds. The summed E-state index contributed by atoms with van der Waals surface area (Å²) in [6, 6.07) is 4.69. The molecule has 0 spiro atoms. The molecule has 1 heterocycles. The van der Waals surface area contributed by atoms with Gasteiger partial charge in [-0.15, -0.1) is 6.58 Å². The molecule has 2 aromatic rings. The largest absolute Gasteiger partial charge is 0.439 e. The fraction of sp³-hybridized carbons (Fsp3) is 0.400. The minimum absolute atomic E-state index is 0.0347. The molecule has 0 unspecified atom stereocenters. The van der Waals surface area contributed by atoms with Gasteiger partial charge in [-0.1, -0.05) is 13.0 Å². The monoisotopic (exact) mass is 324 g/mol. The summed E-state index contributed by atoms with van der Waals surface area (Å²) in [4.78, 5) is 6.52. The smallest absolute Gasteiger partial charge is 0.209 e. The van der Waals surface area contributed by atoms with Crippen LogP contribution in [0.2, 0.25) is 0 Å². The predicted octanol–water partition coefficient (Wildman–Crippen LogP) is 1.60. The molecule has 0 radical (unpaired) electrons. The summed E-state index contributed by atoms with van der Waals surface area (Å²) in [6.45, 7) is 6.84. The Morgan fingerprint density at radius 3 is 2.86 bits per heavy atom. The van der Waals surface area contributed by atoms with Crippen LogP contribution < -0.4 is 0 Å². The maximum absolute atomic E-state index is 11.9. The lowest BCUT2D eigenvalue weighted by Crippen LogP contribution is -2.26. The summed E-state index contributed by atoms with van der Waals surface area (Å²) in [6.07, 6.45) is 1.74. The normalized spacial score (nSPS) is 12.1. The Hall–Kier alpha value is -1.70. The van der Waals surface area contributed by atoms with Crippen molar-refractivity contribution in [2.75, 3.05) is 25.4 Å². The van der Waals surface area contributed by atoms with E-state index >= 15 is 0 Å². The van der Waals surface area contributed by atoms with Crippen molar-refractivity contribution in [1.29, 1.82) is 0 Å². The number of nitrogens with zero attached hydrogens (tertiary/aromatic N) is 2. The van der Waals surface area contributed by atoms with Gasteiger partial charge in [-0.3, -0.25) is 4.90 Å². The Bertz CT molecular complexity index is 752. The van der Waals surface area contributed by atoms with E-state index in [4.69, 9.17) is 9.52 Å². The third kappa shape index (κ3) is 3.73. The van der Waals surface area contributed by atoms with E-state index in [0.717, 1.165) is 0 Å². The first-order valence-electron chi connectivity index (χ1n) is 7.06. The third-order valence-electron chi connectivity index (χ3n) is 3.30. The first kappa shape index (κ1) is 16.7. The number of rotatable bonds is 8. The lowest BCUT2D eigenvalue weighted by Gasteiger charge is -2.16. The van der Waals surface area contributed by atoms with Gasteiger partial charge in [-0.05, 0) is 18.2 Å². The third-order valence-corrected chi connectivity index (χ3v) is 5.04. The number of aromatic nitrogens is 1. The van der Waals surface area contributed by atoms with Crippen molar-refractivity contribution in [1.82, 2.24) is 9.88 Å². The summed E-state index contributed by atoms with van der Waals surface area (Å²) in [5.41, 5.74) is 1.07. The van der Waals surface area contributed by atoms with Crippen LogP contribution in [-0.4, -0.2) is 48.9 Å². The highest BCUT2D eigenvalue weighted by molar-refractivity contribution is 7.91. The number of hydrogen-bond donors (Lipinski definition) is 1. The maximum Gasteiger partial charge on any atom is 0.209 e. The van der Waals surface area contributed by atoms with Crippen LogP contribution in [0.5, 0.6) is 0 Å². The molecule has 0 fully saturated rings. The molecule has 1 N–H and O–H groups in total. The van der Waals surface area contributed by atoms with Crippen LogP contribution in [0, 0.1) is 0 Å². The van der Waals surface area contributed by atoms with Crippen LogP contribution in [0.4, 0.5) is 0 Å². The van der Waals surface area contributed by atoms with E-state index in [1.54, 1.807) is 19.1 Å². The summed E-state index contributed by atoms with van der Waals surface area (Å²) in [7, 11) is -3.26. The fourth-order valence-corrected chi connectivity index (χ4v) is 3.03. The predicted molar refractivity (Wildman–Crippen MR) is 84.3 cm³/mol. The van der Waals surface area contributed by atoms with E-state index in [1.165, 1.54) is 12.1 Å². The average Bonchev–Trinajstić information content (AvgIpc) is 2.89. The quantitative estimate of drug-likeness (QED) is 0.743. The van der Waals surface area contributed by atoms with E-state index in [0.29, 0.717) is 36.6 Å². The van der Waals surface area contributed by atoms with Gasteiger partial charge in [0.05, 0.1) is 23.8 Å². The van der Waals surface area contributed by atoms with E-state index in [-0.39, 0.29) is 17.3 Å². The van der Waals surface area contributed by atoms with E-state index in [2.05, 4.69) is 11.6 Å². The molecule has 7 heteroatoms. The van der Waals surface area contributed by atoms with Crippen molar-refractivity contribution in [2.45, 2.75) is 18.4 Å². The second-order valence-corrected chi connectivity index (χ2v) is 7.17. The Balaban J connectivity index is 2.28. The van der Waals surface area contributed by atoms with Crippen LogP contribution in [0.3, 0.4) is 0 Å². The minimum atomic E-state index is -3.26. The average molecular weight is 324 g/mol. The van der Waals surface area contributed by atoms with Crippen molar-refractivity contribution in [3.05, 3.63) is 36.7 Å². The molecule has 0 aliphatic rings. The molecule has 2 rings (SSSR count). The molecule has 120 valence electrons. The molecule has 6 nitrogen and oxygen atoms in total. The Kier molecular flexibility index (Phi) is 5.33. The highest BCUT2D eigenvalue weighted by Crippen LogP contribution is 2.21. The number of sulfone groups is 1. The summed E-state index contributed by atoms with van der Waals surface area (Å²) in [5, 5.41) is 9.04. The zero-order chi connectivity index (χ0) is 16.2. The van der Waals surface area contributed by atoms with Crippen molar-refractivity contribution < 1.29 is 17.9 Å². The topological polar surface area (TPSA) is 83.6 Å². The van der Waals surface area contributed by atoms with Crippen LogP contribution >= 0.6 is 0 Å². The highest BCUT2D eigenvalue weighted by atomic mass is 32.2. The van der Waals surface area contributed by atoms with Gasteiger partial charge in [0, 0.05) is 13.1 Å². The Morgan fingerprint density at radius 1 is 1.45 bits per heavy atom. The number of oxazole rings is 1. The van der Waals surface area contributed by atoms with Crippen LogP contribution in [-0.2, 0) is 16.4 Å². The van der Waals surface area contributed by atoms with E-state index in [1.807, 2.05) is 4.90 Å². The highest BCUT2D eigenvalue weighted by Gasteiger charge is 2.15. The van der Waals surface area contributed by atoms with Gasteiger partial charge in [0.15, 0.2) is 15.4 Å². The molecule has 22 heavy (non-hydrogen) atoms. The van der Waals surface area contributed by atoms with Gasteiger partial charge in [0.25, 0.3) is 0 Å². The van der Waals surface area contributed by atoms with Crippen molar-refractivity contribution in [3.8, 4) is 0 Å². The van der Waals surface area contributed by atoms with Gasteiger partial charge in [0.2, 0.25) is 5.89 Å². The van der Waals surface area contributed by atoms with Crippen LogP contribution in [0.25, 0.3) is 11.1 Å². The molecule has 0 atom stereocenters. The molecule has 0 bridgehead atoms. The van der Waals surface area contributed by atoms with E-state index < -0.39 is 9.84 Å². The molecule has 1 aromatic carbocycles. The van der Waals surface area contributed by atoms with Crippen molar-refractivity contribution in [3.63, 3.8) is 0 Å². The van der Waals surface area contributed by atoms with Gasteiger partial charge in [-0.2, -0.15) is 0 Å². The van der Waals surface area contributed by atoms with Crippen molar-refractivity contribution in [2.24, 2.45) is 0 Å². The summed E-state index contributed by atoms with van der Waals surface area (Å²) < 4.78 is 29.4. The number of aliphatic hydroxyl groups is 1. The van der Waals surface area contributed by atoms with E-state index in [9.17, 15) is 8.42 Å². The maximum atomic E-state index is 11.9. The second-order valence-electron chi connectivity index (χ2n) is 4.89. The number of hydrogen-bond acceptors (Lipinski definition) is 6. The zero-order valence-corrected chi connectivity index (χ0v) is 13.3. The summed E-state index contributed by atoms with van der Waals surface area (Å²) >= 11 is 0. The lowest BCUT2D eigenvalue weighted by molar-refractivity contribution is 0.193. The Labute approximate surface area is 130 Å².